The van der Waals surface area contributed by atoms with Crippen LogP contribution in [0.5, 0.6) is 0 Å². The first-order valence-electron chi connectivity index (χ1n) is 4.49. The van der Waals surface area contributed by atoms with Crippen LogP contribution >= 0.6 is 22.9 Å². The topological polar surface area (TPSA) is 12.9 Å². The molecule has 1 heterocycles. The number of fused-ring (bicyclic) bond motifs is 3. The van der Waals surface area contributed by atoms with Gasteiger partial charge in [0.05, 0.1) is 5.69 Å². The quantitative estimate of drug-likeness (QED) is 0.565. The first-order chi connectivity index (χ1) is 6.74. The fourth-order valence-corrected chi connectivity index (χ4v) is 3.08. The Hall–Kier alpha value is -0.860. The van der Waals surface area contributed by atoms with Crippen molar-refractivity contribution in [3.8, 4) is 11.3 Å². The molecule has 1 aliphatic rings. The van der Waals surface area contributed by atoms with Gasteiger partial charge in [-0.1, -0.05) is 29.3 Å². The molecule has 0 radical (unpaired) electrons. The third-order valence-corrected chi connectivity index (χ3v) is 3.70. The van der Waals surface area contributed by atoms with Gasteiger partial charge < -0.3 is 0 Å². The molecule has 1 aromatic heterocycles. The van der Waals surface area contributed by atoms with Crippen LogP contribution in [0.4, 0.5) is 0 Å². The van der Waals surface area contributed by atoms with Crippen LogP contribution < -0.4 is 0 Å². The second kappa shape index (κ2) is 2.81. The van der Waals surface area contributed by atoms with E-state index in [2.05, 4.69) is 30.1 Å². The van der Waals surface area contributed by atoms with Gasteiger partial charge in [0.2, 0.25) is 0 Å². The summed E-state index contributed by atoms with van der Waals surface area (Å²) in [7, 11) is 0. The summed E-state index contributed by atoms with van der Waals surface area (Å²) in [5, 5.41) is 0. The van der Waals surface area contributed by atoms with Crippen LogP contribution in [0.15, 0.2) is 18.2 Å². The van der Waals surface area contributed by atoms with Crippen molar-refractivity contribution in [2.45, 2.75) is 13.3 Å². The second-order valence-corrected chi connectivity index (χ2v) is 5.24. The summed E-state index contributed by atoms with van der Waals surface area (Å²) in [6.07, 6.45) is 0.995. The summed E-state index contributed by atoms with van der Waals surface area (Å²) in [6.45, 7) is 2.10. The van der Waals surface area contributed by atoms with Crippen molar-refractivity contribution in [3.05, 3.63) is 38.7 Å². The van der Waals surface area contributed by atoms with Crippen molar-refractivity contribution in [2.75, 3.05) is 0 Å². The molecule has 0 spiro atoms. The molecule has 0 saturated heterocycles. The molecule has 1 aliphatic carbocycles. The molecule has 0 aliphatic heterocycles. The molecule has 1 nitrogen and oxygen atoms in total. The Bertz CT molecular complexity index is 516. The van der Waals surface area contributed by atoms with Gasteiger partial charge in [-0.05, 0) is 18.6 Å². The Morgan fingerprint density at radius 1 is 1.43 bits per heavy atom. The molecule has 0 amide bonds. The predicted octanol–water partition coefficient (Wildman–Crippen LogP) is 3.68. The average molecular weight is 222 g/mol. The van der Waals surface area contributed by atoms with Gasteiger partial charge >= 0.3 is 0 Å². The van der Waals surface area contributed by atoms with E-state index in [4.69, 9.17) is 11.6 Å². The van der Waals surface area contributed by atoms with Gasteiger partial charge in [0.15, 0.2) is 4.47 Å². The number of benzene rings is 1. The minimum atomic E-state index is 0.655. The maximum Gasteiger partial charge on any atom is 0.184 e. The molecule has 14 heavy (non-hydrogen) atoms. The molecule has 2 aromatic rings. The summed E-state index contributed by atoms with van der Waals surface area (Å²) in [5.74, 6) is 0. The van der Waals surface area contributed by atoms with Crippen molar-refractivity contribution in [1.29, 1.82) is 0 Å². The third kappa shape index (κ3) is 1.11. The van der Waals surface area contributed by atoms with Gasteiger partial charge in [0.25, 0.3) is 0 Å². The Labute approximate surface area is 91.4 Å². The molecule has 3 heteroatoms. The highest BCUT2D eigenvalue weighted by atomic mass is 35.5. The summed E-state index contributed by atoms with van der Waals surface area (Å²) in [6, 6.07) is 6.53. The number of nitrogens with zero attached hydrogens (tertiary/aromatic N) is 1. The molecule has 0 atom stereocenters. The van der Waals surface area contributed by atoms with E-state index in [1.807, 2.05) is 0 Å². The van der Waals surface area contributed by atoms with E-state index in [1.54, 1.807) is 11.3 Å². The van der Waals surface area contributed by atoms with Gasteiger partial charge in [0.1, 0.15) is 0 Å². The summed E-state index contributed by atoms with van der Waals surface area (Å²) < 4.78 is 0.655. The number of hydrogen-bond acceptors (Lipinski definition) is 2. The number of rotatable bonds is 0. The SMILES string of the molecule is Cc1ccc2c(c1)-c1nc(Cl)sc1C2. The lowest BCUT2D eigenvalue weighted by Crippen LogP contribution is -1.81. The number of hydrogen-bond donors (Lipinski definition) is 0. The molecular weight excluding hydrogens is 214 g/mol. The molecule has 0 N–H and O–H groups in total. The van der Waals surface area contributed by atoms with Crippen molar-refractivity contribution < 1.29 is 0 Å². The molecule has 1 aromatic carbocycles. The minimum absolute atomic E-state index is 0.655. The number of aryl methyl sites for hydroxylation is 1. The van der Waals surface area contributed by atoms with Crippen LogP contribution in [-0.4, -0.2) is 4.98 Å². The first kappa shape index (κ1) is 8.45. The zero-order valence-electron chi connectivity index (χ0n) is 7.67. The normalized spacial score (nSPS) is 12.7. The Morgan fingerprint density at radius 2 is 2.29 bits per heavy atom. The number of aromatic nitrogens is 1. The second-order valence-electron chi connectivity index (χ2n) is 3.58. The van der Waals surface area contributed by atoms with E-state index in [0.717, 1.165) is 12.1 Å². The summed E-state index contributed by atoms with van der Waals surface area (Å²) in [4.78, 5) is 5.66. The third-order valence-electron chi connectivity index (χ3n) is 2.54. The van der Waals surface area contributed by atoms with Crippen LogP contribution in [0.1, 0.15) is 16.0 Å². The summed E-state index contributed by atoms with van der Waals surface area (Å²) >= 11 is 7.49. The van der Waals surface area contributed by atoms with Crippen molar-refractivity contribution in [1.82, 2.24) is 4.98 Å². The highest BCUT2D eigenvalue weighted by molar-refractivity contribution is 7.16. The lowest BCUT2D eigenvalue weighted by atomic mass is 10.1. The fourth-order valence-electron chi connectivity index (χ4n) is 1.89. The molecule has 70 valence electrons. The van der Waals surface area contributed by atoms with Gasteiger partial charge in [0, 0.05) is 16.9 Å². The summed E-state index contributed by atoms with van der Waals surface area (Å²) in [5.41, 5.74) is 5.02. The molecule has 0 unspecified atom stereocenters. The van der Waals surface area contributed by atoms with E-state index < -0.39 is 0 Å². The number of thiazole rings is 1. The first-order valence-corrected chi connectivity index (χ1v) is 5.68. The van der Waals surface area contributed by atoms with Gasteiger partial charge in [-0.15, -0.1) is 11.3 Å². The minimum Gasteiger partial charge on any atom is -0.225 e. The van der Waals surface area contributed by atoms with Crippen LogP contribution in [0.2, 0.25) is 4.47 Å². The molecular formula is C11H8ClNS. The van der Waals surface area contributed by atoms with Crippen LogP contribution in [0, 0.1) is 6.92 Å². The monoisotopic (exact) mass is 221 g/mol. The zero-order chi connectivity index (χ0) is 9.71. The van der Waals surface area contributed by atoms with Gasteiger partial charge in [-0.3, -0.25) is 0 Å². The van der Waals surface area contributed by atoms with E-state index in [-0.39, 0.29) is 0 Å². The lowest BCUT2D eigenvalue weighted by molar-refractivity contribution is 1.30. The largest absolute Gasteiger partial charge is 0.225 e. The smallest absolute Gasteiger partial charge is 0.184 e. The van der Waals surface area contributed by atoms with Crippen LogP contribution in [0.25, 0.3) is 11.3 Å². The highest BCUT2D eigenvalue weighted by Gasteiger charge is 2.22. The van der Waals surface area contributed by atoms with E-state index >= 15 is 0 Å². The molecule has 0 saturated carbocycles. The molecule has 0 fully saturated rings. The fraction of sp³-hybridized carbons (Fsp3) is 0.182. The maximum atomic E-state index is 5.89. The standard InChI is InChI=1S/C11H8ClNS/c1-6-2-3-7-5-9-10(8(7)4-6)13-11(12)14-9/h2-4H,5H2,1H3. The molecule has 0 bridgehead atoms. The number of halogens is 1. The lowest BCUT2D eigenvalue weighted by Gasteiger charge is -1.99. The Kier molecular flexibility index (Phi) is 1.70. The Balaban J connectivity index is 2.28. The van der Waals surface area contributed by atoms with E-state index in [0.29, 0.717) is 4.47 Å². The average Bonchev–Trinajstić information content (AvgIpc) is 2.62. The van der Waals surface area contributed by atoms with Crippen LogP contribution in [0.3, 0.4) is 0 Å². The highest BCUT2D eigenvalue weighted by Crippen LogP contribution is 2.40. The van der Waals surface area contributed by atoms with E-state index in [1.165, 1.54) is 21.6 Å². The maximum absolute atomic E-state index is 5.89. The van der Waals surface area contributed by atoms with Crippen molar-refractivity contribution in [3.63, 3.8) is 0 Å². The van der Waals surface area contributed by atoms with E-state index in [9.17, 15) is 0 Å². The Morgan fingerprint density at radius 3 is 3.14 bits per heavy atom. The molecule has 3 rings (SSSR count). The zero-order valence-corrected chi connectivity index (χ0v) is 9.25. The predicted molar refractivity (Wildman–Crippen MR) is 60.1 cm³/mol. The van der Waals surface area contributed by atoms with Crippen molar-refractivity contribution in [2.24, 2.45) is 0 Å². The van der Waals surface area contributed by atoms with Crippen molar-refractivity contribution >= 4 is 22.9 Å². The van der Waals surface area contributed by atoms with Crippen LogP contribution in [-0.2, 0) is 6.42 Å². The van der Waals surface area contributed by atoms with Gasteiger partial charge in [-0.25, -0.2) is 4.98 Å². The van der Waals surface area contributed by atoms with Gasteiger partial charge in [-0.2, -0.15) is 0 Å².